The van der Waals surface area contributed by atoms with Gasteiger partial charge in [-0.3, -0.25) is 4.79 Å². The van der Waals surface area contributed by atoms with Crippen LogP contribution in [0.15, 0.2) is 29.6 Å². The topological polar surface area (TPSA) is 79.4 Å². The molecule has 1 atom stereocenters. The van der Waals surface area contributed by atoms with Gasteiger partial charge in [-0.15, -0.1) is 0 Å². The number of amides is 1. The molecule has 0 saturated heterocycles. The maximum atomic E-state index is 11.3. The summed E-state index contributed by atoms with van der Waals surface area (Å²) in [7, 11) is 0. The first-order valence-corrected chi connectivity index (χ1v) is 8.39. The maximum absolute atomic E-state index is 11.3. The predicted octanol–water partition coefficient (Wildman–Crippen LogP) is 2.31. The molecule has 0 saturated carbocycles. The fourth-order valence-electron chi connectivity index (χ4n) is 2.41. The second-order valence-electron chi connectivity index (χ2n) is 5.19. The van der Waals surface area contributed by atoms with Gasteiger partial charge < -0.3 is 19.8 Å². The van der Waals surface area contributed by atoms with Crippen LogP contribution >= 0.6 is 11.8 Å². The Hall–Kier alpha value is -2.15. The van der Waals surface area contributed by atoms with E-state index >= 15 is 0 Å². The molecule has 7 heteroatoms. The Morgan fingerprint density at radius 1 is 1.39 bits per heavy atom. The van der Waals surface area contributed by atoms with Crippen molar-refractivity contribution < 1.29 is 14.3 Å². The fourth-order valence-corrected chi connectivity index (χ4v) is 3.31. The third kappa shape index (κ3) is 3.14. The molecule has 1 aliphatic rings. The molecule has 0 radical (unpaired) electrons. The number of ether oxygens (including phenoxy) is 2. The molecule has 6 nitrogen and oxygen atoms in total. The third-order valence-electron chi connectivity index (χ3n) is 3.66. The highest BCUT2D eigenvalue weighted by molar-refractivity contribution is 8.00. The van der Waals surface area contributed by atoms with Gasteiger partial charge in [0.15, 0.2) is 16.7 Å². The summed E-state index contributed by atoms with van der Waals surface area (Å²) in [5, 5.41) is 0.458. The molecule has 23 heavy (non-hydrogen) atoms. The molecule has 0 unspecified atom stereocenters. The Kier molecular flexibility index (Phi) is 4.47. The highest BCUT2D eigenvalue weighted by atomic mass is 32.2. The van der Waals surface area contributed by atoms with Gasteiger partial charge in [0.1, 0.15) is 13.2 Å². The molecule has 1 aliphatic heterocycles. The van der Waals surface area contributed by atoms with E-state index in [-0.39, 0.29) is 11.2 Å². The van der Waals surface area contributed by atoms with Crippen LogP contribution in [-0.4, -0.2) is 33.9 Å². The number of thioether (sulfide) groups is 1. The van der Waals surface area contributed by atoms with Gasteiger partial charge in [0.25, 0.3) is 0 Å². The lowest BCUT2D eigenvalue weighted by atomic mass is 10.1. The van der Waals surface area contributed by atoms with E-state index < -0.39 is 0 Å². The highest BCUT2D eigenvalue weighted by Gasteiger charge is 2.19. The van der Waals surface area contributed by atoms with Crippen LogP contribution in [0.1, 0.15) is 13.8 Å². The van der Waals surface area contributed by atoms with Gasteiger partial charge in [0, 0.05) is 12.1 Å². The van der Waals surface area contributed by atoms with Gasteiger partial charge in [0.05, 0.1) is 17.1 Å². The van der Waals surface area contributed by atoms with Crippen molar-refractivity contribution in [3.8, 4) is 22.8 Å². The number of aromatic nitrogens is 2. The zero-order valence-electron chi connectivity index (χ0n) is 13.1. The quantitative estimate of drug-likeness (QED) is 0.849. The summed E-state index contributed by atoms with van der Waals surface area (Å²) in [5.41, 5.74) is 7.32. The van der Waals surface area contributed by atoms with E-state index in [0.717, 1.165) is 34.5 Å². The smallest absolute Gasteiger partial charge is 0.230 e. The number of nitrogens with zero attached hydrogens (tertiary/aromatic N) is 2. The molecular formula is C16H19N3O3S. The number of rotatable bonds is 5. The first-order valence-electron chi connectivity index (χ1n) is 7.51. The van der Waals surface area contributed by atoms with Crippen LogP contribution in [0.4, 0.5) is 0 Å². The van der Waals surface area contributed by atoms with Crippen LogP contribution < -0.4 is 15.2 Å². The number of primary amides is 1. The number of hydrogen-bond acceptors (Lipinski definition) is 5. The van der Waals surface area contributed by atoms with E-state index in [1.165, 1.54) is 11.8 Å². The largest absolute Gasteiger partial charge is 0.486 e. The van der Waals surface area contributed by atoms with Crippen molar-refractivity contribution in [2.75, 3.05) is 13.2 Å². The fraction of sp³-hybridized carbons (Fsp3) is 0.375. The first kappa shape index (κ1) is 15.7. The lowest BCUT2D eigenvalue weighted by Gasteiger charge is -2.19. The minimum atomic E-state index is -0.346. The van der Waals surface area contributed by atoms with E-state index in [4.69, 9.17) is 15.2 Å². The number of fused-ring (bicyclic) bond motifs is 1. The van der Waals surface area contributed by atoms with Crippen LogP contribution in [0.5, 0.6) is 11.5 Å². The summed E-state index contributed by atoms with van der Waals surface area (Å²) < 4.78 is 13.3. The highest BCUT2D eigenvalue weighted by Crippen LogP contribution is 2.36. The van der Waals surface area contributed by atoms with Crippen LogP contribution in [0.25, 0.3) is 11.3 Å². The first-order chi connectivity index (χ1) is 11.1. The second-order valence-corrected chi connectivity index (χ2v) is 6.50. The van der Waals surface area contributed by atoms with Crippen molar-refractivity contribution in [3.63, 3.8) is 0 Å². The number of carbonyl (C=O) groups excluding carboxylic acids is 1. The Morgan fingerprint density at radius 2 is 2.13 bits per heavy atom. The van der Waals surface area contributed by atoms with Gasteiger partial charge in [-0.25, -0.2) is 4.98 Å². The maximum Gasteiger partial charge on any atom is 0.230 e. The monoisotopic (exact) mass is 333 g/mol. The molecule has 2 aromatic rings. The number of hydrogen-bond donors (Lipinski definition) is 1. The molecule has 2 N–H and O–H groups in total. The lowest BCUT2D eigenvalue weighted by molar-refractivity contribution is -0.117. The van der Waals surface area contributed by atoms with Gasteiger partial charge in [-0.05, 0) is 32.0 Å². The molecule has 0 fully saturated rings. The molecule has 0 aliphatic carbocycles. The summed E-state index contributed by atoms with van der Waals surface area (Å²) >= 11 is 1.37. The number of benzene rings is 1. The van der Waals surface area contributed by atoms with Crippen LogP contribution in [0, 0.1) is 0 Å². The molecule has 1 amide bonds. The molecule has 2 heterocycles. The number of carbonyl (C=O) groups is 1. The van der Waals surface area contributed by atoms with Crippen molar-refractivity contribution in [3.05, 3.63) is 24.4 Å². The Bertz CT molecular complexity index is 729. The molecule has 1 aromatic carbocycles. The second kappa shape index (κ2) is 6.54. The summed E-state index contributed by atoms with van der Waals surface area (Å²) in [6.45, 7) is 5.71. The Morgan fingerprint density at radius 3 is 2.83 bits per heavy atom. The molecular weight excluding hydrogens is 314 g/mol. The van der Waals surface area contributed by atoms with E-state index in [1.807, 2.05) is 31.3 Å². The molecule has 0 spiro atoms. The zero-order chi connectivity index (χ0) is 16.4. The van der Waals surface area contributed by atoms with Crippen molar-refractivity contribution in [1.29, 1.82) is 0 Å². The van der Waals surface area contributed by atoms with Gasteiger partial charge in [-0.1, -0.05) is 11.8 Å². The van der Waals surface area contributed by atoms with E-state index in [2.05, 4.69) is 9.55 Å². The van der Waals surface area contributed by atoms with E-state index in [9.17, 15) is 4.79 Å². The molecule has 1 aromatic heterocycles. The summed E-state index contributed by atoms with van der Waals surface area (Å²) in [5.74, 6) is 1.17. The van der Waals surface area contributed by atoms with Crippen molar-refractivity contribution >= 4 is 17.7 Å². The summed E-state index contributed by atoms with van der Waals surface area (Å²) in [6, 6.07) is 5.86. The Labute approximate surface area is 139 Å². The molecule has 3 rings (SSSR count). The standard InChI is InChI=1S/C16H19N3O3S/c1-3-19-12(9-18-16(19)23-10(2)15(17)20)11-4-5-13-14(8-11)22-7-6-21-13/h4-5,8-10H,3,6-7H2,1-2H3,(H2,17,20)/t10-/m0/s1. The number of imidazole rings is 1. The lowest BCUT2D eigenvalue weighted by Crippen LogP contribution is -2.23. The average molecular weight is 333 g/mol. The minimum Gasteiger partial charge on any atom is -0.486 e. The number of nitrogens with two attached hydrogens (primary N) is 1. The predicted molar refractivity (Wildman–Crippen MR) is 88.8 cm³/mol. The minimum absolute atomic E-state index is 0.323. The van der Waals surface area contributed by atoms with Gasteiger partial charge >= 0.3 is 0 Å². The van der Waals surface area contributed by atoms with Crippen LogP contribution in [0.2, 0.25) is 0 Å². The van der Waals surface area contributed by atoms with Crippen LogP contribution in [-0.2, 0) is 11.3 Å². The van der Waals surface area contributed by atoms with E-state index in [1.54, 1.807) is 6.92 Å². The van der Waals surface area contributed by atoms with E-state index in [0.29, 0.717) is 13.2 Å². The molecule has 122 valence electrons. The third-order valence-corrected chi connectivity index (χ3v) is 4.78. The Balaban J connectivity index is 1.94. The normalized spacial score (nSPS) is 14.5. The van der Waals surface area contributed by atoms with Crippen LogP contribution in [0.3, 0.4) is 0 Å². The molecule has 0 bridgehead atoms. The SMILES string of the molecule is CCn1c(-c2ccc3c(c2)OCCO3)cnc1S[C@@H](C)C(N)=O. The van der Waals surface area contributed by atoms with Gasteiger partial charge in [-0.2, -0.15) is 0 Å². The summed E-state index contributed by atoms with van der Waals surface area (Å²) in [6.07, 6.45) is 1.81. The summed E-state index contributed by atoms with van der Waals surface area (Å²) in [4.78, 5) is 15.7. The van der Waals surface area contributed by atoms with Crippen molar-refractivity contribution in [2.45, 2.75) is 30.8 Å². The van der Waals surface area contributed by atoms with Crippen molar-refractivity contribution in [2.24, 2.45) is 5.73 Å². The van der Waals surface area contributed by atoms with Crippen molar-refractivity contribution in [1.82, 2.24) is 9.55 Å². The van der Waals surface area contributed by atoms with Gasteiger partial charge in [0.2, 0.25) is 5.91 Å². The zero-order valence-corrected chi connectivity index (χ0v) is 13.9. The average Bonchev–Trinajstić information content (AvgIpc) is 2.96.